The molecule has 0 radical (unpaired) electrons. The summed E-state index contributed by atoms with van der Waals surface area (Å²) in [5.41, 5.74) is -1.60. The van der Waals surface area contributed by atoms with Crippen molar-refractivity contribution in [1.82, 2.24) is 9.78 Å². The highest BCUT2D eigenvalue weighted by molar-refractivity contribution is 5.62. The average molecular weight is 352 g/mol. The van der Waals surface area contributed by atoms with Crippen molar-refractivity contribution in [3.63, 3.8) is 0 Å². The Morgan fingerprint density at radius 3 is 2.52 bits per heavy atom. The van der Waals surface area contributed by atoms with E-state index in [-0.39, 0.29) is 25.1 Å². The molecule has 7 heteroatoms. The first-order valence-electron chi connectivity index (χ1n) is 7.99. The molecule has 1 saturated carbocycles. The summed E-state index contributed by atoms with van der Waals surface area (Å²) < 4.78 is 55.2. The molecule has 2 aromatic rings. The molecule has 132 valence electrons. The topological polar surface area (TPSA) is 38.0 Å². The smallest absolute Gasteiger partial charge is 0.380 e. The van der Waals surface area contributed by atoms with Crippen molar-refractivity contribution in [3.8, 4) is 5.69 Å². The van der Waals surface area contributed by atoms with Crippen molar-refractivity contribution in [2.45, 2.75) is 38.0 Å². The molecule has 0 saturated heterocycles. The molecule has 25 heavy (non-hydrogen) atoms. The number of aliphatic hydroxyl groups is 1. The molecular formula is C18H16F4N2O. The van der Waals surface area contributed by atoms with Gasteiger partial charge in [0.2, 0.25) is 0 Å². The highest BCUT2D eigenvalue weighted by Crippen LogP contribution is 2.60. The highest BCUT2D eigenvalue weighted by Gasteiger charge is 2.68. The minimum Gasteiger partial charge on any atom is -0.380 e. The second-order valence-corrected chi connectivity index (χ2v) is 6.98. The van der Waals surface area contributed by atoms with Crippen LogP contribution in [0.15, 0.2) is 36.0 Å². The molecule has 1 heterocycles. The van der Waals surface area contributed by atoms with Crippen LogP contribution in [0.1, 0.15) is 31.0 Å². The number of alkyl halides is 3. The van der Waals surface area contributed by atoms with E-state index in [0.29, 0.717) is 22.5 Å². The molecule has 1 aromatic carbocycles. The summed E-state index contributed by atoms with van der Waals surface area (Å²) in [6.45, 7) is 1.47. The van der Waals surface area contributed by atoms with Crippen molar-refractivity contribution in [2.24, 2.45) is 5.41 Å². The van der Waals surface area contributed by atoms with E-state index >= 15 is 0 Å². The van der Waals surface area contributed by atoms with Crippen molar-refractivity contribution >= 4 is 6.08 Å². The Morgan fingerprint density at radius 1 is 1.20 bits per heavy atom. The van der Waals surface area contributed by atoms with Gasteiger partial charge in [-0.05, 0) is 55.2 Å². The molecule has 3 nitrogen and oxygen atoms in total. The van der Waals surface area contributed by atoms with Crippen LogP contribution in [-0.4, -0.2) is 26.7 Å². The standard InChI is InChI=1S/C18H16F4N2O/c1-16-9-11-10-23-24(14-4-2-13(19)3-5-14)15(11)8-12(16)6-7-17(16,25)18(20,21)22/h2-5,8,10,25H,6-7,9H2,1H3/t16-,17-/m0/s1. The van der Waals surface area contributed by atoms with Crippen LogP contribution in [0.5, 0.6) is 0 Å². The molecule has 0 aliphatic heterocycles. The SMILES string of the molecule is C[C@]12Cc3cnn(-c4ccc(F)cc4)c3C=C1CC[C@@]2(O)C(F)(F)F. The van der Waals surface area contributed by atoms with E-state index in [4.69, 9.17) is 0 Å². The fourth-order valence-electron chi connectivity index (χ4n) is 4.09. The van der Waals surface area contributed by atoms with Crippen LogP contribution in [0.4, 0.5) is 17.6 Å². The van der Waals surface area contributed by atoms with Crippen LogP contribution in [0, 0.1) is 11.2 Å². The van der Waals surface area contributed by atoms with Crippen molar-refractivity contribution < 1.29 is 22.7 Å². The first kappa shape index (κ1) is 16.3. The van der Waals surface area contributed by atoms with E-state index in [0.717, 1.165) is 0 Å². The van der Waals surface area contributed by atoms with Gasteiger partial charge >= 0.3 is 6.18 Å². The zero-order chi connectivity index (χ0) is 18.0. The van der Waals surface area contributed by atoms with Gasteiger partial charge in [0, 0.05) is 5.41 Å². The highest BCUT2D eigenvalue weighted by atomic mass is 19.4. The molecule has 1 N–H and O–H groups in total. The van der Waals surface area contributed by atoms with Crippen LogP contribution in [-0.2, 0) is 6.42 Å². The lowest BCUT2D eigenvalue weighted by molar-refractivity contribution is -0.287. The van der Waals surface area contributed by atoms with Crippen LogP contribution in [0.25, 0.3) is 11.8 Å². The summed E-state index contributed by atoms with van der Waals surface area (Å²) in [5, 5.41) is 14.7. The Bertz CT molecular complexity index is 868. The van der Waals surface area contributed by atoms with Crippen LogP contribution < -0.4 is 0 Å². The fraction of sp³-hybridized carbons (Fsp3) is 0.389. The third-order valence-electron chi connectivity index (χ3n) is 5.66. The van der Waals surface area contributed by atoms with Crippen molar-refractivity contribution in [1.29, 1.82) is 0 Å². The summed E-state index contributed by atoms with van der Waals surface area (Å²) in [7, 11) is 0. The average Bonchev–Trinajstić information content (AvgIpc) is 3.05. The molecular weight excluding hydrogens is 336 g/mol. The molecule has 0 bridgehead atoms. The van der Waals surface area contributed by atoms with Crippen molar-refractivity contribution in [2.75, 3.05) is 0 Å². The molecule has 0 spiro atoms. The Morgan fingerprint density at radius 2 is 1.88 bits per heavy atom. The summed E-state index contributed by atoms with van der Waals surface area (Å²) in [6, 6.07) is 5.74. The second-order valence-electron chi connectivity index (χ2n) is 6.98. The normalized spacial score (nSPS) is 28.5. The molecule has 0 amide bonds. The summed E-state index contributed by atoms with van der Waals surface area (Å²) in [6.07, 6.45) is -1.58. The van der Waals surface area contributed by atoms with Crippen LogP contribution >= 0.6 is 0 Å². The van der Waals surface area contributed by atoms with E-state index in [1.54, 1.807) is 22.9 Å². The number of benzene rings is 1. The number of rotatable bonds is 1. The van der Waals surface area contributed by atoms with Gasteiger partial charge in [-0.3, -0.25) is 0 Å². The van der Waals surface area contributed by atoms with E-state index in [1.807, 2.05) is 0 Å². The largest absolute Gasteiger partial charge is 0.418 e. The lowest BCUT2D eigenvalue weighted by Crippen LogP contribution is -2.55. The maximum atomic E-state index is 13.5. The van der Waals surface area contributed by atoms with Gasteiger partial charge in [-0.15, -0.1) is 0 Å². The van der Waals surface area contributed by atoms with Crippen LogP contribution in [0.2, 0.25) is 0 Å². The molecule has 1 aromatic heterocycles. The van der Waals surface area contributed by atoms with E-state index in [1.165, 1.54) is 25.3 Å². The lowest BCUT2D eigenvalue weighted by atomic mass is 9.67. The van der Waals surface area contributed by atoms with Gasteiger partial charge in [0.05, 0.1) is 17.6 Å². The number of fused-ring (bicyclic) bond motifs is 2. The Labute approximate surface area is 141 Å². The van der Waals surface area contributed by atoms with Gasteiger partial charge in [-0.1, -0.05) is 12.5 Å². The minimum atomic E-state index is -4.69. The van der Waals surface area contributed by atoms with Crippen molar-refractivity contribution in [3.05, 3.63) is 53.1 Å². The second kappa shape index (κ2) is 4.94. The first-order valence-corrected chi connectivity index (χ1v) is 7.99. The number of hydrogen-bond acceptors (Lipinski definition) is 2. The van der Waals surface area contributed by atoms with Gasteiger partial charge in [-0.25, -0.2) is 9.07 Å². The Kier molecular flexibility index (Phi) is 3.23. The number of halogens is 4. The predicted molar refractivity (Wildman–Crippen MR) is 83.5 cm³/mol. The summed E-state index contributed by atoms with van der Waals surface area (Å²) >= 11 is 0. The van der Waals surface area contributed by atoms with Crippen LogP contribution in [0.3, 0.4) is 0 Å². The minimum absolute atomic E-state index is 0.0609. The first-order chi connectivity index (χ1) is 11.7. The third kappa shape index (κ3) is 2.11. The summed E-state index contributed by atoms with van der Waals surface area (Å²) in [4.78, 5) is 0. The molecule has 2 aliphatic rings. The monoisotopic (exact) mass is 352 g/mol. The third-order valence-corrected chi connectivity index (χ3v) is 5.66. The fourth-order valence-corrected chi connectivity index (χ4v) is 4.09. The Hall–Kier alpha value is -2.15. The summed E-state index contributed by atoms with van der Waals surface area (Å²) in [5.74, 6) is -0.373. The molecule has 2 atom stereocenters. The van der Waals surface area contributed by atoms with Gasteiger partial charge in [0.15, 0.2) is 5.60 Å². The van der Waals surface area contributed by atoms with E-state index in [9.17, 15) is 22.7 Å². The number of hydrogen-bond donors (Lipinski definition) is 1. The molecule has 1 fully saturated rings. The van der Waals surface area contributed by atoms with Gasteiger partial charge in [0.1, 0.15) is 5.82 Å². The zero-order valence-corrected chi connectivity index (χ0v) is 13.4. The molecule has 4 rings (SSSR count). The molecule has 0 unspecified atom stereocenters. The van der Waals surface area contributed by atoms with Gasteiger partial charge in [0.25, 0.3) is 0 Å². The predicted octanol–water partition coefficient (Wildman–Crippen LogP) is 4.04. The van der Waals surface area contributed by atoms with E-state index in [2.05, 4.69) is 5.10 Å². The number of aromatic nitrogens is 2. The van der Waals surface area contributed by atoms with Gasteiger partial charge in [-0.2, -0.15) is 18.3 Å². The van der Waals surface area contributed by atoms with Gasteiger partial charge < -0.3 is 5.11 Å². The van der Waals surface area contributed by atoms with E-state index < -0.39 is 17.2 Å². The number of nitrogens with zero attached hydrogens (tertiary/aromatic N) is 2. The molecule has 2 aliphatic carbocycles. The zero-order valence-electron chi connectivity index (χ0n) is 13.4. The quantitative estimate of drug-likeness (QED) is 0.787. The lowest BCUT2D eigenvalue weighted by Gasteiger charge is -2.43. The maximum Gasteiger partial charge on any atom is 0.418 e. The maximum absolute atomic E-state index is 13.5. The Balaban J connectivity index is 1.81.